The van der Waals surface area contributed by atoms with E-state index >= 15 is 0 Å². The van der Waals surface area contributed by atoms with E-state index in [2.05, 4.69) is 15.2 Å². The van der Waals surface area contributed by atoms with Crippen molar-refractivity contribution in [1.82, 2.24) is 15.2 Å². The van der Waals surface area contributed by atoms with Gasteiger partial charge in [-0.1, -0.05) is 49.6 Å². The summed E-state index contributed by atoms with van der Waals surface area (Å²) in [7, 11) is 0. The first-order chi connectivity index (χ1) is 9.32. The van der Waals surface area contributed by atoms with E-state index in [0.717, 1.165) is 18.4 Å². The largest absolute Gasteiger partial charge is 0.377 e. The van der Waals surface area contributed by atoms with Crippen LogP contribution >= 0.6 is 0 Å². The van der Waals surface area contributed by atoms with Gasteiger partial charge < -0.3 is 5.11 Å². The minimum Gasteiger partial charge on any atom is -0.377 e. The molecule has 2 aromatic rings. The summed E-state index contributed by atoms with van der Waals surface area (Å²) < 4.78 is 0. The summed E-state index contributed by atoms with van der Waals surface area (Å²) in [4.78, 5) is 4.22. The second kappa shape index (κ2) is 5.13. The first-order valence-corrected chi connectivity index (χ1v) is 6.95. The molecule has 1 aromatic carbocycles. The van der Waals surface area contributed by atoms with Crippen LogP contribution in [-0.4, -0.2) is 20.3 Å². The lowest BCUT2D eigenvalue weighted by molar-refractivity contribution is -0.00813. The lowest BCUT2D eigenvalue weighted by Crippen LogP contribution is -2.38. The third-order valence-electron chi connectivity index (χ3n) is 4.19. The molecule has 4 nitrogen and oxygen atoms in total. The normalized spacial score (nSPS) is 20.1. The van der Waals surface area contributed by atoms with E-state index in [1.807, 2.05) is 30.3 Å². The van der Waals surface area contributed by atoms with Crippen LogP contribution in [-0.2, 0) is 5.60 Å². The van der Waals surface area contributed by atoms with Crippen LogP contribution in [0, 0.1) is 5.92 Å². The van der Waals surface area contributed by atoms with Crippen molar-refractivity contribution in [2.24, 2.45) is 5.92 Å². The lowest BCUT2D eigenvalue weighted by Gasteiger charge is -2.37. The second-order valence-electron chi connectivity index (χ2n) is 5.30. The van der Waals surface area contributed by atoms with Crippen molar-refractivity contribution >= 4 is 0 Å². The average Bonchev–Trinajstić information content (AvgIpc) is 3.03. The van der Waals surface area contributed by atoms with Crippen LogP contribution in [0.25, 0.3) is 0 Å². The number of hydrogen-bond acceptors (Lipinski definition) is 3. The molecule has 0 amide bonds. The molecule has 100 valence electrons. The van der Waals surface area contributed by atoms with Gasteiger partial charge in [0.15, 0.2) is 11.4 Å². The summed E-state index contributed by atoms with van der Waals surface area (Å²) in [5, 5.41) is 18.1. The Hall–Kier alpha value is -1.68. The maximum atomic E-state index is 11.3. The molecule has 0 saturated heterocycles. The summed E-state index contributed by atoms with van der Waals surface area (Å²) in [6.07, 6.45) is 7.14. The van der Waals surface area contributed by atoms with Crippen LogP contribution in [0.2, 0.25) is 0 Å². The van der Waals surface area contributed by atoms with Crippen molar-refractivity contribution in [2.75, 3.05) is 0 Å². The Morgan fingerprint density at radius 3 is 2.47 bits per heavy atom. The maximum Gasteiger partial charge on any atom is 0.161 e. The molecule has 0 bridgehead atoms. The van der Waals surface area contributed by atoms with Crippen molar-refractivity contribution in [1.29, 1.82) is 0 Å². The summed E-state index contributed by atoms with van der Waals surface area (Å²) >= 11 is 0. The highest BCUT2D eigenvalue weighted by Gasteiger charge is 2.42. The van der Waals surface area contributed by atoms with Gasteiger partial charge in [0.05, 0.1) is 0 Å². The highest BCUT2D eigenvalue weighted by atomic mass is 16.3. The van der Waals surface area contributed by atoms with E-state index < -0.39 is 5.60 Å². The van der Waals surface area contributed by atoms with E-state index in [1.165, 1.54) is 25.6 Å². The minimum atomic E-state index is -1.04. The first-order valence-electron chi connectivity index (χ1n) is 6.95. The average molecular weight is 257 g/mol. The Bertz CT molecular complexity index is 505. The maximum absolute atomic E-state index is 11.3. The monoisotopic (exact) mass is 257 g/mol. The summed E-state index contributed by atoms with van der Waals surface area (Å²) in [6, 6.07) is 9.82. The molecule has 1 atom stereocenters. The molecule has 2 N–H and O–H groups in total. The van der Waals surface area contributed by atoms with Gasteiger partial charge in [0, 0.05) is 0 Å². The van der Waals surface area contributed by atoms with Gasteiger partial charge in [-0.2, -0.15) is 5.10 Å². The SMILES string of the molecule is OC(c1ccccc1)(c1ncn[nH]1)C1CCCCC1. The Kier molecular flexibility index (Phi) is 3.34. The molecule has 1 aliphatic carbocycles. The van der Waals surface area contributed by atoms with E-state index in [1.54, 1.807) is 0 Å². The highest BCUT2D eigenvalue weighted by molar-refractivity contribution is 5.30. The van der Waals surface area contributed by atoms with E-state index in [-0.39, 0.29) is 5.92 Å². The number of nitrogens with zero attached hydrogens (tertiary/aromatic N) is 2. The number of hydrogen-bond donors (Lipinski definition) is 2. The van der Waals surface area contributed by atoms with Crippen molar-refractivity contribution in [3.05, 3.63) is 48.0 Å². The number of rotatable bonds is 3. The van der Waals surface area contributed by atoms with Crippen molar-refractivity contribution in [3.63, 3.8) is 0 Å². The molecule has 0 aliphatic heterocycles. The molecule has 3 rings (SSSR count). The van der Waals surface area contributed by atoms with Gasteiger partial charge >= 0.3 is 0 Å². The zero-order chi connectivity index (χ0) is 13.1. The third kappa shape index (κ3) is 2.16. The number of H-pyrrole nitrogens is 1. The molecule has 1 saturated carbocycles. The fraction of sp³-hybridized carbons (Fsp3) is 0.467. The smallest absolute Gasteiger partial charge is 0.161 e. The Morgan fingerprint density at radius 1 is 1.11 bits per heavy atom. The summed E-state index contributed by atoms with van der Waals surface area (Å²) in [6.45, 7) is 0. The number of benzene rings is 1. The van der Waals surface area contributed by atoms with Crippen LogP contribution in [0.4, 0.5) is 0 Å². The van der Waals surface area contributed by atoms with Crippen LogP contribution in [0.1, 0.15) is 43.5 Å². The standard InChI is InChI=1S/C15H19N3O/c19-15(14-16-11-17-18-14,12-7-3-1-4-8-12)13-9-5-2-6-10-13/h1,3-4,7-8,11,13,19H,2,5-6,9-10H2,(H,16,17,18). The Morgan fingerprint density at radius 2 is 1.84 bits per heavy atom. The molecule has 1 fully saturated rings. The predicted octanol–water partition coefficient (Wildman–Crippen LogP) is 2.62. The highest BCUT2D eigenvalue weighted by Crippen LogP contribution is 2.42. The van der Waals surface area contributed by atoms with Gasteiger partial charge in [0.2, 0.25) is 0 Å². The molecule has 1 aliphatic rings. The molecule has 0 radical (unpaired) electrons. The topological polar surface area (TPSA) is 61.8 Å². The van der Waals surface area contributed by atoms with Crippen LogP contribution in [0.5, 0.6) is 0 Å². The number of aromatic amines is 1. The predicted molar refractivity (Wildman–Crippen MR) is 72.4 cm³/mol. The van der Waals surface area contributed by atoms with Gasteiger partial charge in [-0.25, -0.2) is 4.98 Å². The van der Waals surface area contributed by atoms with Gasteiger partial charge in [-0.15, -0.1) is 0 Å². The van der Waals surface area contributed by atoms with E-state index in [9.17, 15) is 5.11 Å². The number of nitrogens with one attached hydrogen (secondary N) is 1. The molecular formula is C15H19N3O. The molecule has 0 spiro atoms. The fourth-order valence-corrected chi connectivity index (χ4v) is 3.17. The third-order valence-corrected chi connectivity index (χ3v) is 4.19. The molecule has 1 heterocycles. The number of aromatic nitrogens is 3. The second-order valence-corrected chi connectivity index (χ2v) is 5.30. The van der Waals surface area contributed by atoms with E-state index in [0.29, 0.717) is 5.82 Å². The molecule has 4 heteroatoms. The van der Waals surface area contributed by atoms with Gasteiger partial charge in [0.1, 0.15) is 6.33 Å². The zero-order valence-corrected chi connectivity index (χ0v) is 10.9. The van der Waals surface area contributed by atoms with Crippen molar-refractivity contribution in [3.8, 4) is 0 Å². The number of aliphatic hydroxyl groups is 1. The van der Waals surface area contributed by atoms with Gasteiger partial charge in [-0.05, 0) is 24.3 Å². The zero-order valence-electron chi connectivity index (χ0n) is 10.9. The van der Waals surface area contributed by atoms with Crippen molar-refractivity contribution < 1.29 is 5.11 Å². The fourth-order valence-electron chi connectivity index (χ4n) is 3.17. The summed E-state index contributed by atoms with van der Waals surface area (Å²) in [5.41, 5.74) is -0.142. The Labute approximate surface area is 112 Å². The van der Waals surface area contributed by atoms with E-state index in [4.69, 9.17) is 0 Å². The molecule has 19 heavy (non-hydrogen) atoms. The molecular weight excluding hydrogens is 238 g/mol. The first kappa shape index (κ1) is 12.4. The van der Waals surface area contributed by atoms with Gasteiger partial charge in [-0.3, -0.25) is 5.10 Å². The van der Waals surface area contributed by atoms with Gasteiger partial charge in [0.25, 0.3) is 0 Å². The molecule has 1 aromatic heterocycles. The van der Waals surface area contributed by atoms with Crippen LogP contribution in [0.15, 0.2) is 36.7 Å². The minimum absolute atomic E-state index is 0.205. The molecule has 1 unspecified atom stereocenters. The summed E-state index contributed by atoms with van der Waals surface area (Å²) in [5.74, 6) is 0.766. The lowest BCUT2D eigenvalue weighted by atomic mass is 9.73. The van der Waals surface area contributed by atoms with Crippen LogP contribution in [0.3, 0.4) is 0 Å². The Balaban J connectivity index is 2.05. The van der Waals surface area contributed by atoms with Crippen molar-refractivity contribution in [2.45, 2.75) is 37.7 Å². The van der Waals surface area contributed by atoms with Crippen LogP contribution < -0.4 is 0 Å². The quantitative estimate of drug-likeness (QED) is 0.888.